The van der Waals surface area contributed by atoms with E-state index in [0.717, 1.165) is 0 Å². The van der Waals surface area contributed by atoms with Crippen LogP contribution in [0.1, 0.15) is 25.7 Å². The number of carbonyl (C=O) groups excluding carboxylic acids is 1. The van der Waals surface area contributed by atoms with E-state index in [-0.39, 0.29) is 18.1 Å². The van der Waals surface area contributed by atoms with Crippen LogP contribution in [0.15, 0.2) is 11.7 Å². The van der Waals surface area contributed by atoms with E-state index < -0.39 is 12.2 Å². The van der Waals surface area contributed by atoms with Crippen LogP contribution in [0.4, 0.5) is 13.6 Å². The third-order valence-corrected chi connectivity index (χ3v) is 2.44. The second-order valence-electron chi connectivity index (χ2n) is 3.44. The molecule has 0 unspecified atom stereocenters. The minimum Gasteiger partial charge on any atom is -0.449 e. The summed E-state index contributed by atoms with van der Waals surface area (Å²) in [4.78, 5) is 10.3. The molecule has 0 aromatic carbocycles. The summed E-state index contributed by atoms with van der Waals surface area (Å²) in [5.74, 6) is 0.172. The highest BCUT2D eigenvalue weighted by atomic mass is 19.3. The summed E-state index contributed by atoms with van der Waals surface area (Å²) in [6.45, 7) is 0.247. The number of rotatable bonds is 2. The summed E-state index contributed by atoms with van der Waals surface area (Å²) >= 11 is 0. The lowest BCUT2D eigenvalue weighted by atomic mass is 9.87. The second-order valence-corrected chi connectivity index (χ2v) is 3.44. The first-order chi connectivity index (χ1) is 6.59. The second kappa shape index (κ2) is 4.93. The van der Waals surface area contributed by atoms with Crippen molar-refractivity contribution in [3.05, 3.63) is 11.7 Å². The van der Waals surface area contributed by atoms with E-state index in [1.807, 2.05) is 0 Å². The Morgan fingerprint density at radius 3 is 2.43 bits per heavy atom. The number of carbonyl (C=O) groups is 1. The molecular weight excluding hydrogens is 192 g/mol. The van der Waals surface area contributed by atoms with Gasteiger partial charge in [0.05, 0.1) is 6.61 Å². The molecule has 1 aliphatic carbocycles. The Morgan fingerprint density at radius 2 is 2.00 bits per heavy atom. The number of hydrogen-bond acceptors (Lipinski definition) is 2. The van der Waals surface area contributed by atoms with Crippen molar-refractivity contribution < 1.29 is 18.3 Å². The van der Waals surface area contributed by atoms with Crippen LogP contribution in [0.25, 0.3) is 0 Å². The average molecular weight is 205 g/mol. The van der Waals surface area contributed by atoms with Gasteiger partial charge in [0, 0.05) is 0 Å². The summed E-state index contributed by atoms with van der Waals surface area (Å²) in [5.41, 5.74) is 5.03. The predicted molar refractivity (Wildman–Crippen MR) is 46.7 cm³/mol. The summed E-state index contributed by atoms with van der Waals surface area (Å²) < 4.78 is 28.9. The Bertz CT molecular complexity index is 239. The third kappa shape index (κ3) is 3.32. The molecule has 5 heteroatoms. The van der Waals surface area contributed by atoms with E-state index in [1.165, 1.54) is 0 Å². The van der Waals surface area contributed by atoms with Crippen LogP contribution in [0.5, 0.6) is 0 Å². The van der Waals surface area contributed by atoms with E-state index >= 15 is 0 Å². The molecule has 1 amide bonds. The molecule has 0 bridgehead atoms. The lowest BCUT2D eigenvalue weighted by Crippen LogP contribution is -2.20. The lowest BCUT2D eigenvalue weighted by Gasteiger charge is -2.22. The largest absolute Gasteiger partial charge is 0.449 e. The SMILES string of the molecule is NC(=O)OCC1CCC(=C(F)F)CC1. The summed E-state index contributed by atoms with van der Waals surface area (Å²) in [5, 5.41) is 0. The molecule has 0 atom stereocenters. The minimum atomic E-state index is -1.56. The molecule has 0 heterocycles. The van der Waals surface area contributed by atoms with Gasteiger partial charge in [-0.1, -0.05) is 0 Å². The number of hydrogen-bond donors (Lipinski definition) is 1. The van der Waals surface area contributed by atoms with Crippen molar-refractivity contribution in [1.29, 1.82) is 0 Å². The molecule has 1 aliphatic rings. The van der Waals surface area contributed by atoms with Gasteiger partial charge < -0.3 is 10.5 Å². The Balaban J connectivity index is 2.29. The molecule has 0 aromatic rings. The highest BCUT2D eigenvalue weighted by molar-refractivity contribution is 5.64. The first kappa shape index (κ1) is 10.9. The maximum absolute atomic E-state index is 12.1. The third-order valence-electron chi connectivity index (χ3n) is 2.44. The van der Waals surface area contributed by atoms with E-state index in [0.29, 0.717) is 25.7 Å². The maximum Gasteiger partial charge on any atom is 0.404 e. The molecule has 80 valence electrons. The minimum absolute atomic E-state index is 0.172. The molecule has 2 N–H and O–H groups in total. The van der Waals surface area contributed by atoms with Gasteiger partial charge in [-0.05, 0) is 37.2 Å². The molecule has 1 saturated carbocycles. The van der Waals surface area contributed by atoms with Gasteiger partial charge in [-0.15, -0.1) is 0 Å². The van der Waals surface area contributed by atoms with E-state index in [4.69, 9.17) is 5.73 Å². The van der Waals surface area contributed by atoms with Gasteiger partial charge in [-0.2, -0.15) is 8.78 Å². The summed E-state index contributed by atoms with van der Waals surface area (Å²) in [6, 6.07) is 0. The van der Waals surface area contributed by atoms with Gasteiger partial charge in [-0.3, -0.25) is 0 Å². The van der Waals surface area contributed by atoms with Crippen molar-refractivity contribution in [3.8, 4) is 0 Å². The van der Waals surface area contributed by atoms with Crippen molar-refractivity contribution >= 4 is 6.09 Å². The standard InChI is InChI=1S/C9H13F2NO2/c10-8(11)7-3-1-6(2-4-7)5-14-9(12)13/h6H,1-5H2,(H2,12,13). The zero-order chi connectivity index (χ0) is 10.6. The predicted octanol–water partition coefficient (Wildman–Crippen LogP) is 2.42. The quantitative estimate of drug-likeness (QED) is 0.752. The normalized spacial score (nSPS) is 21.9. The zero-order valence-corrected chi connectivity index (χ0v) is 7.76. The monoisotopic (exact) mass is 205 g/mol. The number of allylic oxidation sites excluding steroid dienone is 1. The number of amides is 1. The average Bonchev–Trinajstić information content (AvgIpc) is 2.15. The summed E-state index contributed by atoms with van der Waals surface area (Å²) in [6.07, 6.45) is -0.285. The number of primary amides is 1. The van der Waals surface area contributed by atoms with Gasteiger partial charge >= 0.3 is 6.09 Å². The maximum atomic E-state index is 12.1. The van der Waals surface area contributed by atoms with Crippen LogP contribution in [-0.4, -0.2) is 12.7 Å². The van der Waals surface area contributed by atoms with Gasteiger partial charge in [0.15, 0.2) is 0 Å². The fraction of sp³-hybridized carbons (Fsp3) is 0.667. The molecule has 0 radical (unpaired) electrons. The van der Waals surface area contributed by atoms with Crippen LogP contribution in [0, 0.1) is 5.92 Å². The van der Waals surface area contributed by atoms with E-state index in [1.54, 1.807) is 0 Å². The molecule has 1 fully saturated rings. The molecule has 3 nitrogen and oxygen atoms in total. The van der Waals surface area contributed by atoms with Crippen molar-refractivity contribution in [2.45, 2.75) is 25.7 Å². The molecule has 0 aliphatic heterocycles. The van der Waals surface area contributed by atoms with Gasteiger partial charge in [-0.25, -0.2) is 4.79 Å². The molecule has 1 rings (SSSR count). The fourth-order valence-electron chi connectivity index (χ4n) is 1.58. The Kier molecular flexibility index (Phi) is 3.85. The van der Waals surface area contributed by atoms with Crippen molar-refractivity contribution in [2.24, 2.45) is 11.7 Å². The highest BCUT2D eigenvalue weighted by Gasteiger charge is 2.20. The number of nitrogens with two attached hydrogens (primary N) is 1. The van der Waals surface area contributed by atoms with Gasteiger partial charge in [0.2, 0.25) is 0 Å². The van der Waals surface area contributed by atoms with Crippen molar-refractivity contribution in [3.63, 3.8) is 0 Å². The molecule has 0 aromatic heterocycles. The smallest absolute Gasteiger partial charge is 0.404 e. The first-order valence-electron chi connectivity index (χ1n) is 4.55. The van der Waals surface area contributed by atoms with Gasteiger partial charge in [0.1, 0.15) is 0 Å². The Hall–Kier alpha value is -1.13. The highest BCUT2D eigenvalue weighted by Crippen LogP contribution is 2.31. The Labute approximate surface area is 80.9 Å². The van der Waals surface area contributed by atoms with E-state index in [2.05, 4.69) is 4.74 Å². The first-order valence-corrected chi connectivity index (χ1v) is 4.55. The van der Waals surface area contributed by atoms with Crippen molar-refractivity contribution in [2.75, 3.05) is 6.61 Å². The summed E-state index contributed by atoms with van der Waals surface area (Å²) in [7, 11) is 0. The Morgan fingerprint density at radius 1 is 1.43 bits per heavy atom. The van der Waals surface area contributed by atoms with Gasteiger partial charge in [0.25, 0.3) is 6.08 Å². The molecular formula is C9H13F2NO2. The number of halogens is 2. The topological polar surface area (TPSA) is 52.3 Å². The van der Waals surface area contributed by atoms with Crippen molar-refractivity contribution in [1.82, 2.24) is 0 Å². The van der Waals surface area contributed by atoms with Crippen LogP contribution >= 0.6 is 0 Å². The number of ether oxygens (including phenoxy) is 1. The lowest BCUT2D eigenvalue weighted by molar-refractivity contribution is 0.128. The van der Waals surface area contributed by atoms with Crippen LogP contribution < -0.4 is 5.73 Å². The van der Waals surface area contributed by atoms with Crippen LogP contribution in [-0.2, 0) is 4.74 Å². The zero-order valence-electron chi connectivity index (χ0n) is 7.76. The van der Waals surface area contributed by atoms with Crippen LogP contribution in [0.3, 0.4) is 0 Å². The van der Waals surface area contributed by atoms with E-state index in [9.17, 15) is 13.6 Å². The molecule has 14 heavy (non-hydrogen) atoms. The molecule has 0 spiro atoms. The van der Waals surface area contributed by atoms with Crippen LogP contribution in [0.2, 0.25) is 0 Å². The molecule has 0 saturated heterocycles. The fourth-order valence-corrected chi connectivity index (χ4v) is 1.58.